The molecule has 1 fully saturated rings. The van der Waals surface area contributed by atoms with Gasteiger partial charge in [-0.25, -0.2) is 0 Å². The number of amides is 1. The first-order chi connectivity index (χ1) is 7.02. The highest BCUT2D eigenvalue weighted by molar-refractivity contribution is 7.80. The van der Waals surface area contributed by atoms with E-state index in [4.69, 9.17) is 18.0 Å². The molecule has 1 atom stereocenters. The van der Waals surface area contributed by atoms with Crippen molar-refractivity contribution in [3.63, 3.8) is 0 Å². The van der Waals surface area contributed by atoms with Crippen molar-refractivity contribution in [2.24, 2.45) is 11.7 Å². The number of thiocarbonyl (C=S) groups is 1. The van der Waals surface area contributed by atoms with Crippen molar-refractivity contribution >= 4 is 23.1 Å². The number of hydrogen-bond donors (Lipinski definition) is 1. The molecule has 2 N–H and O–H groups in total. The van der Waals surface area contributed by atoms with Gasteiger partial charge in [0.25, 0.3) is 0 Å². The molecule has 1 heterocycles. The summed E-state index contributed by atoms with van der Waals surface area (Å²) in [5, 5.41) is 0. The summed E-state index contributed by atoms with van der Waals surface area (Å²) in [5.74, 6) is 0.592. The van der Waals surface area contributed by atoms with Crippen LogP contribution >= 0.6 is 12.2 Å². The molecule has 1 aliphatic heterocycles. The third-order valence-corrected chi connectivity index (χ3v) is 3.01. The minimum absolute atomic E-state index is 0.000000000000000222. The van der Waals surface area contributed by atoms with Gasteiger partial charge in [0.05, 0.1) is 11.0 Å². The maximum atomic E-state index is 11.9. The van der Waals surface area contributed by atoms with Crippen LogP contribution in [0.4, 0.5) is 0 Å². The molecule has 0 spiro atoms. The Labute approximate surface area is 97.0 Å². The van der Waals surface area contributed by atoms with Crippen LogP contribution in [0.5, 0.6) is 0 Å². The van der Waals surface area contributed by atoms with E-state index in [-0.39, 0.29) is 11.9 Å². The Balaban J connectivity index is 2.63. The Morgan fingerprint density at radius 3 is 2.73 bits per heavy atom. The van der Waals surface area contributed by atoms with Gasteiger partial charge in [-0.2, -0.15) is 0 Å². The summed E-state index contributed by atoms with van der Waals surface area (Å²) in [6.07, 6.45) is 3.72. The number of likely N-dealkylation sites (tertiary alicyclic amines) is 1. The largest absolute Gasteiger partial charge is 0.392 e. The maximum Gasteiger partial charge on any atom is 0.223 e. The van der Waals surface area contributed by atoms with Crippen molar-refractivity contribution in [3.8, 4) is 0 Å². The molecule has 0 aromatic heterocycles. The first-order valence-electron chi connectivity index (χ1n) is 5.61. The molecule has 1 amide bonds. The van der Waals surface area contributed by atoms with Gasteiger partial charge in [0.15, 0.2) is 0 Å². The van der Waals surface area contributed by atoms with E-state index in [1.165, 1.54) is 0 Å². The van der Waals surface area contributed by atoms with Gasteiger partial charge < -0.3 is 10.6 Å². The second-order valence-electron chi connectivity index (χ2n) is 4.60. The SMILES string of the molecule is CC(C)CC(=O)N1CCCCC1C(N)=S. The zero-order chi connectivity index (χ0) is 11.4. The van der Waals surface area contributed by atoms with Crippen molar-refractivity contribution in [3.05, 3.63) is 0 Å². The highest BCUT2D eigenvalue weighted by Crippen LogP contribution is 2.19. The molecule has 1 saturated heterocycles. The Morgan fingerprint density at radius 1 is 1.53 bits per heavy atom. The summed E-state index contributed by atoms with van der Waals surface area (Å²) in [6, 6.07) is -0.000000000000000222. The lowest BCUT2D eigenvalue weighted by molar-refractivity contribution is -0.134. The van der Waals surface area contributed by atoms with Gasteiger partial charge >= 0.3 is 0 Å². The van der Waals surface area contributed by atoms with Crippen molar-refractivity contribution in [1.82, 2.24) is 4.90 Å². The number of carbonyl (C=O) groups is 1. The number of nitrogens with two attached hydrogens (primary N) is 1. The molecule has 0 radical (unpaired) electrons. The summed E-state index contributed by atoms with van der Waals surface area (Å²) in [4.78, 5) is 14.3. The quantitative estimate of drug-likeness (QED) is 0.748. The maximum absolute atomic E-state index is 11.9. The number of hydrogen-bond acceptors (Lipinski definition) is 2. The lowest BCUT2D eigenvalue weighted by atomic mass is 10.0. The summed E-state index contributed by atoms with van der Waals surface area (Å²) < 4.78 is 0. The van der Waals surface area contributed by atoms with Gasteiger partial charge in [0.1, 0.15) is 0 Å². The van der Waals surface area contributed by atoms with E-state index in [1.54, 1.807) is 0 Å². The summed E-state index contributed by atoms with van der Waals surface area (Å²) in [5.41, 5.74) is 5.66. The zero-order valence-corrected chi connectivity index (χ0v) is 10.3. The second-order valence-corrected chi connectivity index (χ2v) is 5.07. The molecule has 1 rings (SSSR count). The summed E-state index contributed by atoms with van der Waals surface area (Å²) in [7, 11) is 0. The number of piperidine rings is 1. The van der Waals surface area contributed by atoms with E-state index < -0.39 is 0 Å². The van der Waals surface area contributed by atoms with Crippen molar-refractivity contribution < 1.29 is 4.79 Å². The Kier molecular flexibility index (Phi) is 4.51. The van der Waals surface area contributed by atoms with E-state index in [0.29, 0.717) is 17.3 Å². The normalized spacial score (nSPS) is 21.8. The predicted octanol–water partition coefficient (Wildman–Crippen LogP) is 1.70. The van der Waals surface area contributed by atoms with Crippen molar-refractivity contribution in [2.45, 2.75) is 45.6 Å². The number of carbonyl (C=O) groups excluding carboxylic acids is 1. The fourth-order valence-corrected chi connectivity index (χ4v) is 2.24. The van der Waals surface area contributed by atoms with Crippen LogP contribution in [0.25, 0.3) is 0 Å². The lowest BCUT2D eigenvalue weighted by Crippen LogP contribution is -2.50. The van der Waals surface area contributed by atoms with Crippen molar-refractivity contribution in [1.29, 1.82) is 0 Å². The van der Waals surface area contributed by atoms with Crippen LogP contribution in [-0.2, 0) is 4.79 Å². The number of rotatable bonds is 3. The molecule has 15 heavy (non-hydrogen) atoms. The molecule has 86 valence electrons. The van der Waals surface area contributed by atoms with Gasteiger partial charge in [-0.05, 0) is 25.2 Å². The minimum atomic E-state index is -0.000000000000000222. The lowest BCUT2D eigenvalue weighted by Gasteiger charge is -2.35. The van der Waals surface area contributed by atoms with Gasteiger partial charge in [-0.15, -0.1) is 0 Å². The van der Waals surface area contributed by atoms with Crippen molar-refractivity contribution in [2.75, 3.05) is 6.54 Å². The van der Waals surface area contributed by atoms with Gasteiger partial charge in [0.2, 0.25) is 5.91 Å². The summed E-state index contributed by atoms with van der Waals surface area (Å²) >= 11 is 5.01. The number of nitrogens with zero attached hydrogens (tertiary/aromatic N) is 1. The minimum Gasteiger partial charge on any atom is -0.392 e. The van der Waals surface area contributed by atoms with Gasteiger partial charge in [-0.3, -0.25) is 4.79 Å². The molecule has 4 heteroatoms. The molecular weight excluding hydrogens is 208 g/mol. The Bertz CT molecular complexity index is 253. The zero-order valence-electron chi connectivity index (χ0n) is 9.53. The van der Waals surface area contributed by atoms with Crippen LogP contribution < -0.4 is 5.73 Å². The van der Waals surface area contributed by atoms with Gasteiger partial charge in [-0.1, -0.05) is 26.1 Å². The topological polar surface area (TPSA) is 46.3 Å². The van der Waals surface area contributed by atoms with E-state index in [1.807, 2.05) is 4.90 Å². The van der Waals surface area contributed by atoms with Crippen LogP contribution in [-0.4, -0.2) is 28.4 Å². The predicted molar refractivity (Wildman–Crippen MR) is 65.6 cm³/mol. The molecule has 0 aromatic carbocycles. The molecule has 0 aliphatic carbocycles. The van der Waals surface area contributed by atoms with Crippen LogP contribution in [0.1, 0.15) is 39.5 Å². The standard InChI is InChI=1S/C11H20N2OS/c1-8(2)7-10(14)13-6-4-3-5-9(13)11(12)15/h8-9H,3-7H2,1-2H3,(H2,12,15). The first-order valence-corrected chi connectivity index (χ1v) is 6.02. The van der Waals surface area contributed by atoms with Crippen LogP contribution in [0.2, 0.25) is 0 Å². The van der Waals surface area contributed by atoms with E-state index in [2.05, 4.69) is 13.8 Å². The fraction of sp³-hybridized carbons (Fsp3) is 0.818. The van der Waals surface area contributed by atoms with E-state index >= 15 is 0 Å². The molecule has 0 bridgehead atoms. The van der Waals surface area contributed by atoms with Gasteiger partial charge in [0, 0.05) is 13.0 Å². The molecular formula is C11H20N2OS. The average molecular weight is 228 g/mol. The smallest absolute Gasteiger partial charge is 0.223 e. The second kappa shape index (κ2) is 5.45. The molecule has 1 unspecified atom stereocenters. The third kappa shape index (κ3) is 3.45. The average Bonchev–Trinajstić information content (AvgIpc) is 2.16. The fourth-order valence-electron chi connectivity index (χ4n) is 1.99. The van der Waals surface area contributed by atoms with Crippen LogP contribution in [0.3, 0.4) is 0 Å². The Hall–Kier alpha value is -0.640. The van der Waals surface area contributed by atoms with E-state index in [9.17, 15) is 4.79 Å². The molecule has 3 nitrogen and oxygen atoms in total. The van der Waals surface area contributed by atoms with E-state index in [0.717, 1.165) is 25.8 Å². The molecule has 0 aromatic rings. The molecule has 0 saturated carbocycles. The third-order valence-electron chi connectivity index (χ3n) is 2.73. The molecule has 1 aliphatic rings. The Morgan fingerprint density at radius 2 is 2.20 bits per heavy atom. The highest BCUT2D eigenvalue weighted by atomic mass is 32.1. The monoisotopic (exact) mass is 228 g/mol. The van der Waals surface area contributed by atoms with Crippen LogP contribution in [0.15, 0.2) is 0 Å². The summed E-state index contributed by atoms with van der Waals surface area (Å²) in [6.45, 7) is 4.92. The van der Waals surface area contributed by atoms with Crippen LogP contribution in [0, 0.1) is 5.92 Å². The first kappa shape index (κ1) is 12.4. The highest BCUT2D eigenvalue weighted by Gasteiger charge is 2.28.